The number of esters is 6. The van der Waals surface area contributed by atoms with Crippen LogP contribution in [0.1, 0.15) is 128 Å². The smallest absolute Gasteiger partial charge is 0.463 e. The number of fused-ring (bicyclic) bond motifs is 1. The topological polar surface area (TPSA) is 247 Å². The average molecular weight is 991 g/mol. The zero-order valence-corrected chi connectivity index (χ0v) is 40.0. The van der Waals surface area contributed by atoms with Crippen LogP contribution in [0.3, 0.4) is 0 Å². The molecule has 0 amide bonds. The van der Waals surface area contributed by atoms with Crippen molar-refractivity contribution >= 4 is 48.1 Å². The lowest BCUT2D eigenvalue weighted by atomic mass is 9.86. The number of rotatable bonds is 22. The Bertz CT molecular complexity index is 1660. The van der Waals surface area contributed by atoms with Gasteiger partial charge in [-0.3, -0.25) is 19.2 Å². The summed E-state index contributed by atoms with van der Waals surface area (Å²) in [5.74, 6) is -3.60. The van der Waals surface area contributed by atoms with Crippen molar-refractivity contribution in [3.8, 4) is 0 Å². The molecule has 0 aromatic heterocycles. The van der Waals surface area contributed by atoms with E-state index in [4.69, 9.17) is 56.8 Å². The molecule has 0 spiro atoms. The van der Waals surface area contributed by atoms with E-state index in [1.807, 2.05) is 0 Å². The van der Waals surface area contributed by atoms with Gasteiger partial charge in [0.05, 0.1) is 63.3 Å². The normalized spacial score (nSPS) is 30.5. The lowest BCUT2D eigenvalue weighted by molar-refractivity contribution is -0.164. The highest BCUT2D eigenvalue weighted by Crippen LogP contribution is 2.36. The largest absolute Gasteiger partial charge is 0.508 e. The van der Waals surface area contributed by atoms with E-state index in [1.54, 1.807) is 0 Å². The highest BCUT2D eigenvalue weighted by molar-refractivity contribution is 5.81. The van der Waals surface area contributed by atoms with Crippen molar-refractivity contribution in [3.05, 3.63) is 25.3 Å². The van der Waals surface area contributed by atoms with E-state index < -0.39 is 48.7 Å². The molecular weight excluding hydrogens is 921 g/mol. The van der Waals surface area contributed by atoms with Crippen LogP contribution in [0.2, 0.25) is 0 Å². The first-order valence-electron chi connectivity index (χ1n) is 25.2. The van der Waals surface area contributed by atoms with Crippen LogP contribution in [-0.4, -0.2) is 137 Å². The zero-order chi connectivity index (χ0) is 49.8. The molecule has 0 aromatic rings. The van der Waals surface area contributed by atoms with Crippen molar-refractivity contribution < 1.29 is 95.2 Å². The van der Waals surface area contributed by atoms with E-state index in [2.05, 4.69) is 13.2 Å². The van der Waals surface area contributed by atoms with Gasteiger partial charge in [0.15, 0.2) is 12.2 Å². The van der Waals surface area contributed by atoms with Crippen LogP contribution in [0, 0.1) is 23.7 Å². The summed E-state index contributed by atoms with van der Waals surface area (Å²) >= 11 is 0. The van der Waals surface area contributed by atoms with E-state index in [-0.39, 0.29) is 112 Å². The first-order chi connectivity index (χ1) is 33.9. The Labute approximate surface area is 408 Å². The summed E-state index contributed by atoms with van der Waals surface area (Å²) in [6.07, 6.45) is 7.29. The second kappa shape index (κ2) is 28.0. The molecule has 4 saturated carbocycles. The molecule has 2 aliphatic heterocycles. The molecule has 70 heavy (non-hydrogen) atoms. The highest BCUT2D eigenvalue weighted by atomic mass is 16.7. The minimum absolute atomic E-state index is 0.115. The van der Waals surface area contributed by atoms with Crippen LogP contribution in [0.4, 0.5) is 9.59 Å². The van der Waals surface area contributed by atoms with Crippen LogP contribution in [0.25, 0.3) is 0 Å². The van der Waals surface area contributed by atoms with Gasteiger partial charge in [-0.15, -0.1) is 0 Å². The quantitative estimate of drug-likeness (QED) is 0.0503. The lowest BCUT2D eigenvalue weighted by Crippen LogP contribution is -2.39. The fraction of sp³-hybridized carbons (Fsp3) is 0.760. The summed E-state index contributed by atoms with van der Waals surface area (Å²) in [5, 5.41) is 0. The van der Waals surface area contributed by atoms with Crippen molar-refractivity contribution in [1.29, 1.82) is 0 Å². The van der Waals surface area contributed by atoms with Crippen LogP contribution in [0.5, 0.6) is 0 Å². The molecule has 0 N–H and O–H groups in total. The molecule has 0 bridgehead atoms. The standard InChI is InChI=1S/C50H70O20/c1-3-41(51)59-25-5-7-27-61-49(57)67-37-21-13-31(14-22-37)45(53)65-35-17-9-33(10-18-35)47(55)69-39-29-63-44-40(30-64-43(39)44)70-48(56)34-11-19-36(20-12-34)66-46(54)32-15-23-38(24-16-32)68-50(58)62-28-8-6-26-60-42(52)4-2/h3-4,31-40,43-44H,1-2,5-30H2. The SMILES string of the molecule is C=CC(=O)OCCCCOC(=O)OC1CCC(C(=O)OC2CCC(C(=O)OC3COC4C(OC(=O)C5CCC(OC(=O)C6CCC(OC(=O)OCCCCOC(=O)C=C)CC6)CC5)COC34)CC2)CC1. The number of unbranched alkanes of at least 4 members (excludes halogenated alkanes) is 2. The maximum Gasteiger partial charge on any atom is 0.508 e. The van der Waals surface area contributed by atoms with Crippen molar-refractivity contribution in [2.24, 2.45) is 23.7 Å². The molecule has 4 unspecified atom stereocenters. The lowest BCUT2D eigenvalue weighted by Gasteiger charge is -2.31. The Morgan fingerprint density at radius 3 is 0.943 bits per heavy atom. The van der Waals surface area contributed by atoms with E-state index in [0.29, 0.717) is 128 Å². The molecular formula is C50H70O20. The molecule has 6 fully saturated rings. The number of carbonyl (C=O) groups is 8. The first-order valence-corrected chi connectivity index (χ1v) is 25.2. The molecule has 390 valence electrons. The van der Waals surface area contributed by atoms with Gasteiger partial charge in [0.1, 0.15) is 36.6 Å². The van der Waals surface area contributed by atoms with Crippen molar-refractivity contribution in [2.75, 3.05) is 39.6 Å². The number of ether oxygens (including phenoxy) is 12. The monoisotopic (exact) mass is 990 g/mol. The summed E-state index contributed by atoms with van der Waals surface area (Å²) in [6, 6.07) is 0. The fourth-order valence-electron chi connectivity index (χ4n) is 9.83. The molecule has 20 heteroatoms. The average Bonchev–Trinajstić information content (AvgIpc) is 3.96. The van der Waals surface area contributed by atoms with Crippen molar-refractivity contribution in [2.45, 2.75) is 177 Å². The molecule has 6 rings (SSSR count). The Balaban J connectivity index is 0.784. The van der Waals surface area contributed by atoms with Crippen molar-refractivity contribution in [3.63, 3.8) is 0 Å². The second-order valence-electron chi connectivity index (χ2n) is 18.9. The minimum atomic E-state index is -0.763. The fourth-order valence-corrected chi connectivity index (χ4v) is 9.83. The predicted octanol–water partition coefficient (Wildman–Crippen LogP) is 6.25. The van der Waals surface area contributed by atoms with E-state index in [0.717, 1.165) is 12.2 Å². The van der Waals surface area contributed by atoms with Crippen LogP contribution < -0.4 is 0 Å². The summed E-state index contributed by atoms with van der Waals surface area (Å²) in [5.41, 5.74) is 0. The van der Waals surface area contributed by atoms with Gasteiger partial charge in [-0.25, -0.2) is 19.2 Å². The maximum atomic E-state index is 13.3. The molecule has 4 aliphatic carbocycles. The third-order valence-electron chi connectivity index (χ3n) is 14.0. The number of hydrogen-bond acceptors (Lipinski definition) is 20. The van der Waals surface area contributed by atoms with Crippen LogP contribution >= 0.6 is 0 Å². The van der Waals surface area contributed by atoms with Gasteiger partial charge in [0, 0.05) is 12.2 Å². The van der Waals surface area contributed by atoms with Gasteiger partial charge in [0.2, 0.25) is 0 Å². The van der Waals surface area contributed by atoms with E-state index >= 15 is 0 Å². The molecule has 2 heterocycles. The van der Waals surface area contributed by atoms with Crippen molar-refractivity contribution in [1.82, 2.24) is 0 Å². The Kier molecular flexibility index (Phi) is 21.6. The molecule has 2 saturated heterocycles. The van der Waals surface area contributed by atoms with Gasteiger partial charge >= 0.3 is 48.1 Å². The summed E-state index contributed by atoms with van der Waals surface area (Å²) < 4.78 is 66.2. The zero-order valence-electron chi connectivity index (χ0n) is 40.0. The highest BCUT2D eigenvalue weighted by Gasteiger charge is 2.52. The molecule has 0 aromatic carbocycles. The van der Waals surface area contributed by atoms with E-state index in [9.17, 15) is 38.4 Å². The van der Waals surface area contributed by atoms with Crippen LogP contribution in [0.15, 0.2) is 25.3 Å². The van der Waals surface area contributed by atoms with Gasteiger partial charge < -0.3 is 56.8 Å². The Morgan fingerprint density at radius 2 is 0.643 bits per heavy atom. The summed E-state index contributed by atoms with van der Waals surface area (Å²) in [4.78, 5) is 98.9. The van der Waals surface area contributed by atoms with Gasteiger partial charge in [-0.2, -0.15) is 0 Å². The predicted molar refractivity (Wildman–Crippen MR) is 240 cm³/mol. The third kappa shape index (κ3) is 17.0. The van der Waals surface area contributed by atoms with Gasteiger partial charge in [-0.1, -0.05) is 13.2 Å². The molecule has 20 nitrogen and oxygen atoms in total. The Hall–Kier alpha value is -5.24. The third-order valence-corrected chi connectivity index (χ3v) is 14.0. The Morgan fingerprint density at radius 1 is 0.371 bits per heavy atom. The summed E-state index contributed by atoms with van der Waals surface area (Å²) in [7, 11) is 0. The molecule has 4 atom stereocenters. The van der Waals surface area contributed by atoms with E-state index in [1.165, 1.54) is 0 Å². The van der Waals surface area contributed by atoms with Gasteiger partial charge in [0.25, 0.3) is 0 Å². The first kappa shape index (κ1) is 54.1. The minimum Gasteiger partial charge on any atom is -0.463 e. The van der Waals surface area contributed by atoms with Crippen LogP contribution in [-0.2, 0) is 85.6 Å². The number of hydrogen-bond donors (Lipinski definition) is 0. The maximum absolute atomic E-state index is 13.3. The second-order valence-corrected chi connectivity index (χ2v) is 18.9. The summed E-state index contributed by atoms with van der Waals surface area (Å²) in [6.45, 7) is 7.58. The molecule has 6 aliphatic rings. The molecule has 0 radical (unpaired) electrons. The number of carbonyl (C=O) groups excluding carboxylic acids is 8. The van der Waals surface area contributed by atoms with Gasteiger partial charge in [-0.05, 0) is 128 Å².